The SMILES string of the molecule is CC1=C(CN2CC(C)(C(=O)O)C2)CCc2cc(OCc3sc(C)c(-c4ccccc4)c3C)ccc21. The van der Waals surface area contributed by atoms with Gasteiger partial charge in [-0.25, -0.2) is 0 Å². The fraction of sp³-hybridized carbons (Fsp3) is 0.367. The lowest BCUT2D eigenvalue weighted by Crippen LogP contribution is -2.59. The summed E-state index contributed by atoms with van der Waals surface area (Å²) in [6.07, 6.45) is 2.02. The molecule has 2 aliphatic rings. The van der Waals surface area contributed by atoms with Gasteiger partial charge in [0, 0.05) is 29.4 Å². The summed E-state index contributed by atoms with van der Waals surface area (Å²) >= 11 is 1.83. The number of hydrogen-bond donors (Lipinski definition) is 1. The first-order valence-electron chi connectivity index (χ1n) is 12.3. The van der Waals surface area contributed by atoms with Crippen LogP contribution in [0.5, 0.6) is 5.75 Å². The van der Waals surface area contributed by atoms with Gasteiger partial charge in [0.1, 0.15) is 12.4 Å². The van der Waals surface area contributed by atoms with Crippen LogP contribution < -0.4 is 4.74 Å². The molecular weight excluding hydrogens is 454 g/mol. The number of ether oxygens (including phenoxy) is 1. The molecule has 35 heavy (non-hydrogen) atoms. The van der Waals surface area contributed by atoms with Crippen molar-refractivity contribution >= 4 is 22.9 Å². The molecule has 2 aromatic carbocycles. The van der Waals surface area contributed by atoms with Crippen molar-refractivity contribution in [1.29, 1.82) is 0 Å². The lowest BCUT2D eigenvalue weighted by atomic mass is 9.80. The third-order valence-electron chi connectivity index (χ3n) is 7.64. The highest BCUT2D eigenvalue weighted by atomic mass is 32.1. The quantitative estimate of drug-likeness (QED) is 0.401. The minimum absolute atomic E-state index is 0.584. The zero-order valence-corrected chi connectivity index (χ0v) is 21.8. The Balaban J connectivity index is 1.27. The standard InChI is InChI=1S/C30H33NO3S/c1-19-24(15-31-17-30(4,18-31)29(32)33)11-10-23-14-25(12-13-26(19)23)34-16-27-20(2)28(21(3)35-27)22-8-6-5-7-9-22/h5-9,12-14H,10-11,15-18H2,1-4H3,(H,32,33). The van der Waals surface area contributed by atoms with E-state index < -0.39 is 11.4 Å². The predicted octanol–water partition coefficient (Wildman–Crippen LogP) is 6.74. The van der Waals surface area contributed by atoms with E-state index in [0.29, 0.717) is 19.7 Å². The summed E-state index contributed by atoms with van der Waals surface area (Å²) in [5.74, 6) is 0.233. The molecule has 3 aromatic rings. The third-order valence-corrected chi connectivity index (χ3v) is 8.82. The maximum Gasteiger partial charge on any atom is 0.311 e. The molecule has 1 aromatic heterocycles. The minimum atomic E-state index is -0.690. The number of carbonyl (C=O) groups is 1. The maximum atomic E-state index is 11.4. The second kappa shape index (κ2) is 9.29. The van der Waals surface area contributed by atoms with Gasteiger partial charge in [-0.3, -0.25) is 9.69 Å². The van der Waals surface area contributed by atoms with Crippen LogP contribution in [0.25, 0.3) is 16.7 Å². The van der Waals surface area contributed by atoms with Crippen LogP contribution in [-0.4, -0.2) is 35.6 Å². The molecule has 5 rings (SSSR count). The van der Waals surface area contributed by atoms with E-state index in [9.17, 15) is 9.90 Å². The lowest BCUT2D eigenvalue weighted by Gasteiger charge is -2.45. The fourth-order valence-corrected chi connectivity index (χ4v) is 6.69. The third kappa shape index (κ3) is 4.55. The molecule has 0 unspecified atom stereocenters. The Morgan fingerprint density at radius 1 is 1.09 bits per heavy atom. The number of fused-ring (bicyclic) bond motifs is 1. The van der Waals surface area contributed by atoms with Gasteiger partial charge in [0.25, 0.3) is 0 Å². The molecule has 182 valence electrons. The molecule has 5 heteroatoms. The number of allylic oxidation sites excluding steroid dienone is 1. The first kappa shape index (κ1) is 23.8. The van der Waals surface area contributed by atoms with E-state index in [1.165, 1.54) is 48.7 Å². The predicted molar refractivity (Wildman–Crippen MR) is 143 cm³/mol. The number of carboxylic acids is 1. The van der Waals surface area contributed by atoms with Gasteiger partial charge in [-0.15, -0.1) is 11.3 Å². The summed E-state index contributed by atoms with van der Waals surface area (Å²) in [7, 11) is 0. The average molecular weight is 488 g/mol. The number of thiophene rings is 1. The van der Waals surface area contributed by atoms with Gasteiger partial charge < -0.3 is 9.84 Å². The van der Waals surface area contributed by atoms with Crippen LogP contribution in [0.4, 0.5) is 0 Å². The molecule has 1 fully saturated rings. The molecule has 0 radical (unpaired) electrons. The number of likely N-dealkylation sites (tertiary alicyclic amines) is 1. The Kier molecular flexibility index (Phi) is 6.32. The molecule has 1 N–H and O–H groups in total. The van der Waals surface area contributed by atoms with E-state index in [1.54, 1.807) is 0 Å². The van der Waals surface area contributed by atoms with Gasteiger partial charge in [-0.1, -0.05) is 42.0 Å². The molecule has 0 saturated carbocycles. The highest BCUT2D eigenvalue weighted by Crippen LogP contribution is 2.38. The highest BCUT2D eigenvalue weighted by Gasteiger charge is 2.45. The number of rotatable bonds is 7. The molecule has 4 nitrogen and oxygen atoms in total. The number of hydrogen-bond acceptors (Lipinski definition) is 4. The normalized spacial score (nSPS) is 17.1. The molecule has 1 aliphatic heterocycles. The second-order valence-corrected chi connectivity index (χ2v) is 11.6. The maximum absolute atomic E-state index is 11.4. The van der Waals surface area contributed by atoms with Crippen LogP contribution in [0.15, 0.2) is 54.1 Å². The van der Waals surface area contributed by atoms with E-state index in [2.05, 4.69) is 74.2 Å². The summed E-state index contributed by atoms with van der Waals surface area (Å²) in [6, 6.07) is 17.1. The molecule has 1 saturated heterocycles. The van der Waals surface area contributed by atoms with Gasteiger partial charge >= 0.3 is 5.97 Å². The Morgan fingerprint density at radius 3 is 2.54 bits per heavy atom. The van der Waals surface area contributed by atoms with Crippen LogP contribution in [0.1, 0.15) is 46.7 Å². The van der Waals surface area contributed by atoms with E-state index in [4.69, 9.17) is 4.74 Å². The van der Waals surface area contributed by atoms with Crippen LogP contribution >= 0.6 is 11.3 Å². The molecule has 2 heterocycles. The van der Waals surface area contributed by atoms with Crippen LogP contribution in [0.3, 0.4) is 0 Å². The van der Waals surface area contributed by atoms with E-state index in [0.717, 1.165) is 25.1 Å². The Hall–Kier alpha value is -2.89. The van der Waals surface area contributed by atoms with Gasteiger partial charge in [0.15, 0.2) is 0 Å². The summed E-state index contributed by atoms with van der Waals surface area (Å²) in [4.78, 5) is 16.3. The number of aryl methyl sites for hydroxylation is 2. The Morgan fingerprint density at radius 2 is 1.83 bits per heavy atom. The van der Waals surface area contributed by atoms with Gasteiger partial charge in [0.05, 0.1) is 5.41 Å². The first-order valence-corrected chi connectivity index (χ1v) is 13.1. The molecule has 0 spiro atoms. The highest BCUT2D eigenvalue weighted by molar-refractivity contribution is 7.12. The zero-order chi connectivity index (χ0) is 24.7. The zero-order valence-electron chi connectivity index (χ0n) is 21.0. The Labute approximate surface area is 211 Å². The second-order valence-electron chi connectivity index (χ2n) is 10.3. The molecular formula is C30H33NO3S. The van der Waals surface area contributed by atoms with Crippen molar-refractivity contribution in [1.82, 2.24) is 4.90 Å². The Bertz CT molecular complexity index is 1300. The van der Waals surface area contributed by atoms with E-state index in [-0.39, 0.29) is 0 Å². The van der Waals surface area contributed by atoms with Crippen molar-refractivity contribution < 1.29 is 14.6 Å². The van der Waals surface area contributed by atoms with E-state index in [1.807, 2.05) is 18.3 Å². The van der Waals surface area contributed by atoms with Crippen LogP contribution in [-0.2, 0) is 17.8 Å². The van der Waals surface area contributed by atoms with Crippen molar-refractivity contribution in [2.24, 2.45) is 5.41 Å². The molecule has 0 amide bonds. The van der Waals surface area contributed by atoms with Crippen molar-refractivity contribution in [3.63, 3.8) is 0 Å². The smallest absolute Gasteiger partial charge is 0.311 e. The molecule has 0 bridgehead atoms. The number of benzene rings is 2. The van der Waals surface area contributed by atoms with Crippen molar-refractivity contribution in [3.8, 4) is 16.9 Å². The summed E-state index contributed by atoms with van der Waals surface area (Å²) in [5.41, 5.74) is 8.72. The monoisotopic (exact) mass is 487 g/mol. The summed E-state index contributed by atoms with van der Waals surface area (Å²) in [6.45, 7) is 11.1. The van der Waals surface area contributed by atoms with Crippen molar-refractivity contribution in [2.45, 2.75) is 47.1 Å². The fourth-order valence-electron chi connectivity index (χ4n) is 5.58. The molecule has 1 aliphatic carbocycles. The number of aliphatic carboxylic acids is 1. The lowest BCUT2D eigenvalue weighted by molar-refractivity contribution is -0.158. The molecule has 0 atom stereocenters. The van der Waals surface area contributed by atoms with Gasteiger partial charge in [0.2, 0.25) is 0 Å². The first-order chi connectivity index (χ1) is 16.7. The van der Waals surface area contributed by atoms with E-state index >= 15 is 0 Å². The van der Waals surface area contributed by atoms with Gasteiger partial charge in [-0.05, 0) is 86.1 Å². The van der Waals surface area contributed by atoms with Gasteiger partial charge in [-0.2, -0.15) is 0 Å². The van der Waals surface area contributed by atoms with Crippen molar-refractivity contribution in [2.75, 3.05) is 19.6 Å². The largest absolute Gasteiger partial charge is 0.488 e. The summed E-state index contributed by atoms with van der Waals surface area (Å²) < 4.78 is 6.27. The topological polar surface area (TPSA) is 49.8 Å². The van der Waals surface area contributed by atoms with Crippen LogP contribution in [0, 0.1) is 19.3 Å². The van der Waals surface area contributed by atoms with Crippen molar-refractivity contribution in [3.05, 3.63) is 80.5 Å². The summed E-state index contributed by atoms with van der Waals surface area (Å²) in [5, 5.41) is 9.37. The minimum Gasteiger partial charge on any atom is -0.488 e. The number of nitrogens with zero attached hydrogens (tertiary/aromatic N) is 1. The number of carboxylic acid groups (broad SMARTS) is 1. The average Bonchev–Trinajstić information content (AvgIpc) is 3.11. The van der Waals surface area contributed by atoms with Crippen LogP contribution in [0.2, 0.25) is 0 Å².